The van der Waals surface area contributed by atoms with Gasteiger partial charge in [0.1, 0.15) is 0 Å². The molecule has 1 radical (unpaired) electrons. The predicted octanol–water partition coefficient (Wildman–Crippen LogP) is 1.17. The first-order chi connectivity index (χ1) is 4.34. The summed E-state index contributed by atoms with van der Waals surface area (Å²) in [6.07, 6.45) is 3.48. The quantitative estimate of drug-likeness (QED) is 0.549. The highest BCUT2D eigenvalue weighted by Gasteiger charge is 1.91. The number of rotatable bonds is 1. The van der Waals surface area contributed by atoms with Crippen LogP contribution in [0.3, 0.4) is 0 Å². The lowest BCUT2D eigenvalue weighted by molar-refractivity contribution is 0.991. The monoisotopic (exact) mass is 121 g/mol. The second-order valence-corrected chi connectivity index (χ2v) is 1.98. The molecular weight excluding hydrogens is 112 g/mol. The highest BCUT2D eigenvalue weighted by molar-refractivity contribution is 5.20. The Morgan fingerprint density at radius 2 is 2.44 bits per heavy atom. The van der Waals surface area contributed by atoms with Gasteiger partial charge >= 0.3 is 0 Å². The third-order valence-electron chi connectivity index (χ3n) is 1.34. The van der Waals surface area contributed by atoms with Gasteiger partial charge in [-0.3, -0.25) is 10.7 Å². The van der Waals surface area contributed by atoms with Crippen LogP contribution in [0.5, 0.6) is 0 Å². The lowest BCUT2D eigenvalue weighted by Gasteiger charge is -1.97. The maximum Gasteiger partial charge on any atom is 0.0369 e. The average Bonchev–Trinajstić information content (AvgIpc) is 1.89. The summed E-state index contributed by atoms with van der Waals surface area (Å²) in [4.78, 5) is 3.90. The summed E-state index contributed by atoms with van der Waals surface area (Å²) in [5.74, 6) is 0. The minimum atomic E-state index is 0.333. The normalized spacial score (nSPS) is 9.56. The van der Waals surface area contributed by atoms with Crippen LogP contribution in [0.1, 0.15) is 11.1 Å². The van der Waals surface area contributed by atoms with Crippen LogP contribution in [0.25, 0.3) is 0 Å². The molecule has 0 aromatic carbocycles. The molecule has 2 nitrogen and oxygen atoms in total. The Hall–Kier alpha value is -0.890. The van der Waals surface area contributed by atoms with Gasteiger partial charge in [0.05, 0.1) is 0 Å². The molecule has 1 aromatic rings. The van der Waals surface area contributed by atoms with Crippen LogP contribution in [0.2, 0.25) is 0 Å². The zero-order valence-electron chi connectivity index (χ0n) is 5.39. The SMILES string of the molecule is Cc1ccncc1C[NH]. The first-order valence-electron chi connectivity index (χ1n) is 2.88. The van der Waals surface area contributed by atoms with Crippen LogP contribution >= 0.6 is 0 Å². The first-order valence-corrected chi connectivity index (χ1v) is 2.88. The van der Waals surface area contributed by atoms with Gasteiger partial charge in [-0.05, 0) is 24.1 Å². The van der Waals surface area contributed by atoms with Crippen molar-refractivity contribution in [3.63, 3.8) is 0 Å². The number of aromatic nitrogens is 1. The highest BCUT2D eigenvalue weighted by Crippen LogP contribution is 2.02. The fourth-order valence-corrected chi connectivity index (χ4v) is 0.682. The van der Waals surface area contributed by atoms with Gasteiger partial charge in [0.2, 0.25) is 0 Å². The van der Waals surface area contributed by atoms with E-state index in [0.717, 1.165) is 11.1 Å². The van der Waals surface area contributed by atoms with E-state index in [0.29, 0.717) is 6.54 Å². The molecule has 0 saturated heterocycles. The summed E-state index contributed by atoms with van der Waals surface area (Å²) in [6.45, 7) is 2.32. The molecule has 0 saturated carbocycles. The van der Waals surface area contributed by atoms with Gasteiger partial charge in [-0.2, -0.15) is 0 Å². The largest absolute Gasteiger partial charge is 0.264 e. The fourth-order valence-electron chi connectivity index (χ4n) is 0.682. The molecule has 1 heterocycles. The standard InChI is InChI=1S/C7H9N2/c1-6-2-3-9-5-7(6)4-8/h2-3,5,8H,4H2,1H3. The van der Waals surface area contributed by atoms with Crippen LogP contribution in [-0.2, 0) is 6.54 Å². The zero-order chi connectivity index (χ0) is 6.69. The third kappa shape index (κ3) is 1.27. The van der Waals surface area contributed by atoms with Crippen molar-refractivity contribution in [3.8, 4) is 0 Å². The Kier molecular flexibility index (Phi) is 1.80. The number of hydrogen-bond acceptors (Lipinski definition) is 1. The molecule has 0 spiro atoms. The molecule has 0 atom stereocenters. The summed E-state index contributed by atoms with van der Waals surface area (Å²) in [6, 6.07) is 1.92. The van der Waals surface area contributed by atoms with Crippen LogP contribution in [0.4, 0.5) is 0 Å². The van der Waals surface area contributed by atoms with Crippen LogP contribution in [0, 0.1) is 6.92 Å². The Morgan fingerprint density at radius 1 is 1.67 bits per heavy atom. The molecule has 1 aromatic heterocycles. The molecular formula is C7H9N2. The summed E-state index contributed by atoms with van der Waals surface area (Å²) < 4.78 is 0. The Bertz CT molecular complexity index is 196. The summed E-state index contributed by atoms with van der Waals surface area (Å²) in [7, 11) is 0. The molecule has 47 valence electrons. The molecule has 0 bridgehead atoms. The molecule has 0 aliphatic heterocycles. The number of nitrogens with one attached hydrogen (secondary N) is 1. The first kappa shape index (κ1) is 6.23. The molecule has 1 N–H and O–H groups in total. The molecule has 0 aliphatic rings. The van der Waals surface area contributed by atoms with Gasteiger partial charge in [0, 0.05) is 18.9 Å². The maximum absolute atomic E-state index is 7.04. The van der Waals surface area contributed by atoms with Crippen molar-refractivity contribution >= 4 is 0 Å². The van der Waals surface area contributed by atoms with E-state index >= 15 is 0 Å². The topological polar surface area (TPSA) is 36.7 Å². The number of nitrogens with zero attached hydrogens (tertiary/aromatic N) is 1. The summed E-state index contributed by atoms with van der Waals surface area (Å²) in [5.41, 5.74) is 9.21. The molecule has 2 heteroatoms. The van der Waals surface area contributed by atoms with Gasteiger partial charge in [-0.25, -0.2) is 0 Å². The van der Waals surface area contributed by atoms with E-state index in [1.165, 1.54) is 0 Å². The summed E-state index contributed by atoms with van der Waals surface area (Å²) >= 11 is 0. The van der Waals surface area contributed by atoms with E-state index in [1.807, 2.05) is 13.0 Å². The second-order valence-electron chi connectivity index (χ2n) is 1.98. The van der Waals surface area contributed by atoms with Crippen LogP contribution in [-0.4, -0.2) is 4.98 Å². The zero-order valence-corrected chi connectivity index (χ0v) is 5.39. The van der Waals surface area contributed by atoms with Crippen molar-refractivity contribution in [1.29, 1.82) is 0 Å². The van der Waals surface area contributed by atoms with E-state index < -0.39 is 0 Å². The maximum atomic E-state index is 7.04. The van der Waals surface area contributed by atoms with Crippen molar-refractivity contribution in [2.24, 2.45) is 0 Å². The van der Waals surface area contributed by atoms with E-state index in [2.05, 4.69) is 4.98 Å². The van der Waals surface area contributed by atoms with Gasteiger partial charge < -0.3 is 0 Å². The lowest BCUT2D eigenvalue weighted by atomic mass is 10.2. The lowest BCUT2D eigenvalue weighted by Crippen LogP contribution is -1.89. The average molecular weight is 121 g/mol. The third-order valence-corrected chi connectivity index (χ3v) is 1.34. The van der Waals surface area contributed by atoms with Gasteiger partial charge in [0.25, 0.3) is 0 Å². The van der Waals surface area contributed by atoms with Crippen molar-refractivity contribution in [1.82, 2.24) is 10.7 Å². The van der Waals surface area contributed by atoms with Crippen molar-refractivity contribution < 1.29 is 0 Å². The Balaban J connectivity index is 3.01. The number of pyridine rings is 1. The highest BCUT2D eigenvalue weighted by atomic mass is 14.6. The van der Waals surface area contributed by atoms with Crippen molar-refractivity contribution in [2.75, 3.05) is 0 Å². The smallest absolute Gasteiger partial charge is 0.0369 e. The van der Waals surface area contributed by atoms with E-state index in [-0.39, 0.29) is 0 Å². The minimum absolute atomic E-state index is 0.333. The second kappa shape index (κ2) is 2.60. The molecule has 0 amide bonds. The van der Waals surface area contributed by atoms with Gasteiger partial charge in [-0.15, -0.1) is 0 Å². The molecule has 9 heavy (non-hydrogen) atoms. The molecule has 0 fully saturated rings. The molecule has 0 unspecified atom stereocenters. The number of hydrogen-bond donors (Lipinski definition) is 0. The predicted molar refractivity (Wildman–Crippen MR) is 35.8 cm³/mol. The summed E-state index contributed by atoms with van der Waals surface area (Å²) in [5, 5.41) is 0. The Morgan fingerprint density at radius 3 is 2.89 bits per heavy atom. The molecule has 1 rings (SSSR count). The van der Waals surface area contributed by atoms with Crippen molar-refractivity contribution in [3.05, 3.63) is 29.6 Å². The van der Waals surface area contributed by atoms with Gasteiger partial charge in [-0.1, -0.05) is 0 Å². The van der Waals surface area contributed by atoms with Crippen LogP contribution < -0.4 is 5.73 Å². The van der Waals surface area contributed by atoms with Crippen LogP contribution in [0.15, 0.2) is 18.5 Å². The Labute approximate surface area is 54.7 Å². The fraction of sp³-hybridized carbons (Fsp3) is 0.286. The van der Waals surface area contributed by atoms with E-state index in [1.54, 1.807) is 12.4 Å². The van der Waals surface area contributed by atoms with E-state index in [4.69, 9.17) is 5.73 Å². The number of aryl methyl sites for hydroxylation is 1. The van der Waals surface area contributed by atoms with Gasteiger partial charge in [0.15, 0.2) is 0 Å². The minimum Gasteiger partial charge on any atom is -0.264 e. The van der Waals surface area contributed by atoms with E-state index in [9.17, 15) is 0 Å². The molecule has 0 aliphatic carbocycles. The van der Waals surface area contributed by atoms with Crippen molar-refractivity contribution in [2.45, 2.75) is 13.5 Å².